The van der Waals surface area contributed by atoms with Gasteiger partial charge in [0.05, 0.1) is 11.6 Å². The predicted molar refractivity (Wildman–Crippen MR) is 138 cm³/mol. The van der Waals surface area contributed by atoms with E-state index in [1.165, 1.54) is 4.88 Å². The first-order valence-corrected chi connectivity index (χ1v) is 12.6. The molecule has 0 amide bonds. The van der Waals surface area contributed by atoms with Crippen LogP contribution in [0.4, 0.5) is 0 Å². The fourth-order valence-corrected chi connectivity index (χ4v) is 5.38. The van der Waals surface area contributed by atoms with Crippen molar-refractivity contribution in [1.29, 1.82) is 0 Å². The molecule has 0 aliphatic heterocycles. The van der Waals surface area contributed by atoms with Gasteiger partial charge < -0.3 is 4.98 Å². The molecule has 3 heterocycles. The van der Waals surface area contributed by atoms with Gasteiger partial charge in [0.25, 0.3) is 5.56 Å². The second-order valence-corrected chi connectivity index (χ2v) is 11.5. The fraction of sp³-hybridized carbons (Fsp3) is 0.462. The predicted octanol–water partition coefficient (Wildman–Crippen LogP) is 5.35. The van der Waals surface area contributed by atoms with Gasteiger partial charge in [-0.3, -0.25) is 9.69 Å². The van der Waals surface area contributed by atoms with Gasteiger partial charge in [-0.15, -0.1) is 16.4 Å². The first-order valence-electron chi connectivity index (χ1n) is 11.7. The molecule has 180 valence electrons. The van der Waals surface area contributed by atoms with Crippen molar-refractivity contribution >= 4 is 22.2 Å². The largest absolute Gasteiger partial charge is 0.322 e. The van der Waals surface area contributed by atoms with Crippen molar-refractivity contribution in [3.63, 3.8) is 0 Å². The van der Waals surface area contributed by atoms with E-state index in [2.05, 4.69) is 96.6 Å². The summed E-state index contributed by atoms with van der Waals surface area (Å²) in [6.07, 6.45) is 0. The van der Waals surface area contributed by atoms with Crippen LogP contribution in [0.5, 0.6) is 0 Å². The third kappa shape index (κ3) is 4.98. The summed E-state index contributed by atoms with van der Waals surface area (Å²) in [6.45, 7) is 16.0. The smallest absolute Gasteiger partial charge is 0.252 e. The highest BCUT2D eigenvalue weighted by Crippen LogP contribution is 2.33. The Balaban J connectivity index is 1.81. The number of thiophene rings is 1. The number of aryl methyl sites for hydroxylation is 2. The molecule has 1 atom stereocenters. The van der Waals surface area contributed by atoms with Crippen LogP contribution >= 0.6 is 11.3 Å². The molecule has 7 nitrogen and oxygen atoms in total. The molecule has 0 unspecified atom stereocenters. The van der Waals surface area contributed by atoms with Crippen molar-refractivity contribution in [2.24, 2.45) is 5.92 Å². The van der Waals surface area contributed by atoms with Gasteiger partial charge in [0.15, 0.2) is 5.82 Å². The van der Waals surface area contributed by atoms with E-state index in [1.54, 1.807) is 11.3 Å². The summed E-state index contributed by atoms with van der Waals surface area (Å²) >= 11 is 1.72. The first kappa shape index (κ1) is 24.3. The molecule has 4 aromatic rings. The number of fused-ring (bicyclic) bond motifs is 1. The number of hydrogen-bond donors (Lipinski definition) is 1. The van der Waals surface area contributed by atoms with E-state index in [1.807, 2.05) is 17.7 Å². The number of rotatable bonds is 7. The Hall–Kier alpha value is -2.84. The molecule has 34 heavy (non-hydrogen) atoms. The molecule has 0 bridgehead atoms. The maximum Gasteiger partial charge on any atom is 0.252 e. The first-order chi connectivity index (χ1) is 16.0. The van der Waals surface area contributed by atoms with E-state index in [4.69, 9.17) is 0 Å². The number of aromatic nitrogens is 5. The van der Waals surface area contributed by atoms with Gasteiger partial charge in [0, 0.05) is 34.4 Å². The molecule has 8 heteroatoms. The molecule has 0 saturated heterocycles. The van der Waals surface area contributed by atoms with Crippen molar-refractivity contribution in [2.75, 3.05) is 0 Å². The Bertz CT molecular complexity index is 1330. The van der Waals surface area contributed by atoms with Crippen LogP contribution in [-0.4, -0.2) is 30.1 Å². The molecule has 4 rings (SSSR count). The maximum atomic E-state index is 13.2. The summed E-state index contributed by atoms with van der Waals surface area (Å²) < 4.78 is 1.91. The number of benzene rings is 1. The van der Waals surface area contributed by atoms with Crippen molar-refractivity contribution in [2.45, 2.75) is 73.1 Å². The lowest BCUT2D eigenvalue weighted by molar-refractivity contribution is 0.121. The lowest BCUT2D eigenvalue weighted by Gasteiger charge is -2.35. The second-order valence-electron chi connectivity index (χ2n) is 10.5. The number of hydrogen-bond acceptors (Lipinski definition) is 6. The van der Waals surface area contributed by atoms with Gasteiger partial charge in [-0.1, -0.05) is 26.0 Å². The van der Waals surface area contributed by atoms with Gasteiger partial charge in [-0.2, -0.15) is 0 Å². The topological polar surface area (TPSA) is 79.7 Å². The summed E-state index contributed by atoms with van der Waals surface area (Å²) in [6, 6.07) is 10.4. The van der Waals surface area contributed by atoms with Crippen LogP contribution in [0.15, 0.2) is 40.5 Å². The summed E-state index contributed by atoms with van der Waals surface area (Å²) in [5.41, 5.74) is 3.63. The van der Waals surface area contributed by atoms with Gasteiger partial charge in [0.1, 0.15) is 0 Å². The second kappa shape index (κ2) is 9.43. The Morgan fingerprint density at radius 2 is 1.91 bits per heavy atom. The Morgan fingerprint density at radius 3 is 2.56 bits per heavy atom. The lowest BCUT2D eigenvalue weighted by Crippen LogP contribution is -2.37. The minimum atomic E-state index is -0.254. The Morgan fingerprint density at radius 1 is 1.15 bits per heavy atom. The standard InChI is InChI=1S/C26H34N6OS/c1-16(2)23(24-28-29-30-32(24)26(5,6)7)31(15-20-9-8-10-34-20)14-19-13-21-18(4)11-17(3)12-22(21)27-25(19)33/h8-13,16,23H,14-15H2,1-7H3,(H,27,33)/t23-/m0/s1. The SMILES string of the molecule is Cc1cc(C)c2cc(CN(Cc3cccs3)[C@H](c3nnnn3C(C)(C)C)C(C)C)c(=O)[nH]c2c1. The zero-order chi connectivity index (χ0) is 24.6. The minimum absolute atomic E-state index is 0.0494. The average Bonchev–Trinajstić information content (AvgIpc) is 3.40. The molecule has 0 fully saturated rings. The number of tetrazole rings is 1. The van der Waals surface area contributed by atoms with E-state index in [9.17, 15) is 4.79 Å². The number of H-pyrrole nitrogens is 1. The molecule has 0 aliphatic carbocycles. The number of pyridine rings is 1. The van der Waals surface area contributed by atoms with E-state index in [0.29, 0.717) is 13.1 Å². The van der Waals surface area contributed by atoms with Crippen LogP contribution in [0.3, 0.4) is 0 Å². The van der Waals surface area contributed by atoms with Crippen LogP contribution in [0, 0.1) is 19.8 Å². The summed E-state index contributed by atoms with van der Waals surface area (Å²) in [5, 5.41) is 16.0. The van der Waals surface area contributed by atoms with Crippen molar-refractivity contribution < 1.29 is 0 Å². The molecule has 0 aliphatic rings. The van der Waals surface area contributed by atoms with Gasteiger partial charge >= 0.3 is 0 Å². The highest BCUT2D eigenvalue weighted by Gasteiger charge is 2.33. The molecule has 0 saturated carbocycles. The zero-order valence-electron chi connectivity index (χ0n) is 21.1. The highest BCUT2D eigenvalue weighted by molar-refractivity contribution is 7.09. The van der Waals surface area contributed by atoms with Crippen molar-refractivity contribution in [3.05, 3.63) is 73.5 Å². The molecular weight excluding hydrogens is 444 g/mol. The Kier molecular flexibility index (Phi) is 6.73. The Labute approximate surface area is 204 Å². The van der Waals surface area contributed by atoms with E-state index in [0.717, 1.165) is 33.4 Å². The average molecular weight is 479 g/mol. The molecular formula is C26H34N6OS. The molecule has 0 spiro atoms. The monoisotopic (exact) mass is 478 g/mol. The minimum Gasteiger partial charge on any atom is -0.322 e. The number of nitrogens with zero attached hydrogens (tertiary/aromatic N) is 5. The molecule has 1 N–H and O–H groups in total. The molecule has 1 aromatic carbocycles. The van der Waals surface area contributed by atoms with Gasteiger partial charge in [-0.05, 0) is 85.7 Å². The van der Waals surface area contributed by atoms with Crippen LogP contribution < -0.4 is 5.56 Å². The summed E-state index contributed by atoms with van der Waals surface area (Å²) in [7, 11) is 0. The van der Waals surface area contributed by atoms with Crippen molar-refractivity contribution in [3.8, 4) is 0 Å². The fourth-order valence-electron chi connectivity index (χ4n) is 4.65. The molecule has 0 radical (unpaired) electrons. The van der Waals surface area contributed by atoms with Gasteiger partial charge in [-0.25, -0.2) is 4.68 Å². The maximum absolute atomic E-state index is 13.2. The van der Waals surface area contributed by atoms with E-state index in [-0.39, 0.29) is 23.1 Å². The van der Waals surface area contributed by atoms with E-state index >= 15 is 0 Å². The summed E-state index contributed by atoms with van der Waals surface area (Å²) in [4.78, 5) is 19.9. The van der Waals surface area contributed by atoms with Crippen LogP contribution in [0.25, 0.3) is 10.9 Å². The normalized spacial score (nSPS) is 13.3. The number of aromatic amines is 1. The zero-order valence-corrected chi connectivity index (χ0v) is 21.9. The third-order valence-electron chi connectivity index (χ3n) is 6.12. The number of nitrogens with one attached hydrogen (secondary N) is 1. The van der Waals surface area contributed by atoms with Gasteiger partial charge in [0.2, 0.25) is 0 Å². The highest BCUT2D eigenvalue weighted by atomic mass is 32.1. The van der Waals surface area contributed by atoms with Crippen LogP contribution in [-0.2, 0) is 18.6 Å². The summed E-state index contributed by atoms with van der Waals surface area (Å²) in [5.74, 6) is 1.05. The molecule has 3 aromatic heterocycles. The van der Waals surface area contributed by atoms with E-state index < -0.39 is 0 Å². The lowest BCUT2D eigenvalue weighted by atomic mass is 9.98. The van der Waals surface area contributed by atoms with Crippen molar-refractivity contribution in [1.82, 2.24) is 30.1 Å². The van der Waals surface area contributed by atoms with Crippen LogP contribution in [0.1, 0.15) is 68.1 Å². The quantitative estimate of drug-likeness (QED) is 0.387. The van der Waals surface area contributed by atoms with Crippen LogP contribution in [0.2, 0.25) is 0 Å². The third-order valence-corrected chi connectivity index (χ3v) is 6.98.